The number of carbonyl (C=O) groups excluding carboxylic acids is 1. The molecule has 8 heteroatoms. The summed E-state index contributed by atoms with van der Waals surface area (Å²) in [6.07, 6.45) is 3.83. The van der Waals surface area contributed by atoms with Gasteiger partial charge in [-0.3, -0.25) is 10.0 Å². The first-order valence-corrected chi connectivity index (χ1v) is 10.3. The Morgan fingerprint density at radius 1 is 1.32 bits per heavy atom. The average Bonchev–Trinajstić information content (AvgIpc) is 3.01. The van der Waals surface area contributed by atoms with E-state index in [1.165, 1.54) is 7.11 Å². The van der Waals surface area contributed by atoms with Crippen molar-refractivity contribution in [2.45, 2.75) is 37.1 Å². The highest BCUT2D eigenvalue weighted by Gasteiger charge is 2.57. The van der Waals surface area contributed by atoms with Gasteiger partial charge in [-0.15, -0.1) is 0 Å². The van der Waals surface area contributed by atoms with E-state index in [0.29, 0.717) is 28.8 Å². The quantitative estimate of drug-likeness (QED) is 0.419. The maximum atomic E-state index is 13.4. The molecule has 1 saturated heterocycles. The zero-order valence-electron chi connectivity index (χ0n) is 14.2. The topological polar surface area (TPSA) is 87.7 Å². The number of hydroxylamine groups is 1. The van der Waals surface area contributed by atoms with Crippen LogP contribution >= 0.6 is 11.6 Å². The Morgan fingerprint density at radius 3 is 2.64 bits per heavy atom. The van der Waals surface area contributed by atoms with E-state index < -0.39 is 19.6 Å². The number of hydrogen-bond acceptors (Lipinski definition) is 5. The van der Waals surface area contributed by atoms with E-state index in [-0.39, 0.29) is 5.41 Å². The van der Waals surface area contributed by atoms with Gasteiger partial charge in [-0.25, -0.2) is 5.48 Å². The van der Waals surface area contributed by atoms with E-state index in [1.54, 1.807) is 23.7 Å². The van der Waals surface area contributed by atoms with Crippen LogP contribution in [0.3, 0.4) is 0 Å². The fraction of sp³-hybridized carbons (Fsp3) is 0.588. The number of benzene rings is 1. The third kappa shape index (κ3) is 3.26. The van der Waals surface area contributed by atoms with Gasteiger partial charge in [-0.1, -0.05) is 17.7 Å². The Hall–Kier alpha value is -1.28. The van der Waals surface area contributed by atoms with Gasteiger partial charge in [-0.05, 0) is 67.9 Å². The van der Waals surface area contributed by atoms with E-state index >= 15 is 0 Å². The van der Waals surface area contributed by atoms with Crippen LogP contribution in [-0.2, 0) is 9.26 Å². The van der Waals surface area contributed by atoms with Crippen molar-refractivity contribution in [2.24, 2.45) is 5.41 Å². The summed E-state index contributed by atoms with van der Waals surface area (Å²) in [5, 5.41) is 12.5. The lowest BCUT2D eigenvalue weighted by molar-refractivity contribution is -0.132. The molecule has 2 fully saturated rings. The van der Waals surface area contributed by atoms with Gasteiger partial charge in [0.05, 0.1) is 17.2 Å². The van der Waals surface area contributed by atoms with Crippen LogP contribution < -0.4 is 20.7 Å². The summed E-state index contributed by atoms with van der Waals surface area (Å²) in [7, 11) is -1.00. The highest BCUT2D eigenvalue weighted by atomic mass is 35.5. The number of hydrogen-bond donors (Lipinski definition) is 3. The van der Waals surface area contributed by atoms with E-state index in [9.17, 15) is 14.5 Å². The van der Waals surface area contributed by atoms with Crippen molar-refractivity contribution in [1.82, 2.24) is 10.8 Å². The normalized spacial score (nSPS) is 24.9. The molecule has 1 aliphatic heterocycles. The van der Waals surface area contributed by atoms with E-state index in [2.05, 4.69) is 5.32 Å². The summed E-state index contributed by atoms with van der Waals surface area (Å²) in [5.41, 5.74) is 1.79. The lowest BCUT2D eigenvalue weighted by atomic mass is 9.77. The largest absolute Gasteiger partial charge is 0.495 e. The molecule has 1 aromatic rings. The zero-order valence-corrected chi connectivity index (χ0v) is 16.0. The Balaban J connectivity index is 1.95. The van der Waals surface area contributed by atoms with Crippen LogP contribution in [0.5, 0.6) is 5.75 Å². The lowest BCUT2D eigenvalue weighted by Gasteiger charge is -2.35. The Labute approximate surface area is 153 Å². The maximum absolute atomic E-state index is 13.4. The van der Waals surface area contributed by atoms with Crippen LogP contribution in [0, 0.1) is 5.41 Å². The lowest BCUT2D eigenvalue weighted by Crippen LogP contribution is -2.46. The van der Waals surface area contributed by atoms with Crippen LogP contribution in [0.25, 0.3) is 0 Å². The molecule has 0 radical (unpaired) electrons. The van der Waals surface area contributed by atoms with Gasteiger partial charge >= 0.3 is 8.68 Å². The second-order valence-electron chi connectivity index (χ2n) is 7.13. The number of piperidine rings is 1. The third-order valence-corrected chi connectivity index (χ3v) is 8.46. The minimum Gasteiger partial charge on any atom is -0.495 e. The number of rotatable bonds is 4. The summed E-state index contributed by atoms with van der Waals surface area (Å²) in [4.78, 5) is 12.6. The molecule has 1 amide bonds. The fourth-order valence-corrected chi connectivity index (χ4v) is 6.92. The summed E-state index contributed by atoms with van der Waals surface area (Å²) >= 11 is 6.18. The molecule has 136 valence electrons. The van der Waals surface area contributed by atoms with Crippen molar-refractivity contribution in [3.05, 3.63) is 23.2 Å². The monoisotopic (exact) mass is 382 g/mol. The molecule has 1 aliphatic carbocycles. The number of halogens is 1. The Bertz CT molecular complexity index is 693. The molecule has 1 saturated carbocycles. The molecule has 0 bridgehead atoms. The summed E-state index contributed by atoms with van der Waals surface area (Å²) < 4.78 is 18.6. The van der Waals surface area contributed by atoms with Crippen LogP contribution in [-0.4, -0.2) is 40.0 Å². The third-order valence-electron chi connectivity index (χ3n) is 5.81. The summed E-state index contributed by atoms with van der Waals surface area (Å²) in [6.45, 7) is 1.82. The second-order valence-corrected chi connectivity index (χ2v) is 9.73. The molecule has 1 aromatic carbocycles. The van der Waals surface area contributed by atoms with Gasteiger partial charge in [-0.2, -0.15) is 0 Å². The zero-order chi connectivity index (χ0) is 18.1. The van der Waals surface area contributed by atoms with E-state index in [0.717, 1.165) is 32.4 Å². The average molecular weight is 383 g/mol. The minimum atomic E-state index is -2.52. The number of ether oxygens (including phenoxy) is 1. The van der Waals surface area contributed by atoms with Gasteiger partial charge in [0, 0.05) is 0 Å². The first kappa shape index (κ1) is 18.5. The molecule has 25 heavy (non-hydrogen) atoms. The van der Waals surface area contributed by atoms with Crippen LogP contribution in [0.1, 0.15) is 32.1 Å². The molecule has 1 atom stereocenters. The van der Waals surface area contributed by atoms with Crippen molar-refractivity contribution in [3.8, 4) is 5.75 Å². The molecular weight excluding hydrogens is 360 g/mol. The van der Waals surface area contributed by atoms with E-state index in [4.69, 9.17) is 16.3 Å². The maximum Gasteiger partial charge on any atom is 0.327 e. The second kappa shape index (κ2) is 7.15. The summed E-state index contributed by atoms with van der Waals surface area (Å²) in [5.74, 6) is -0.0409. The number of methoxy groups -OCH3 is 1. The highest BCUT2D eigenvalue weighted by Crippen LogP contribution is 2.58. The molecule has 6 nitrogen and oxygen atoms in total. The Kier molecular flexibility index (Phi) is 5.29. The summed E-state index contributed by atoms with van der Waals surface area (Å²) in [6, 6.07) is 4.98. The Morgan fingerprint density at radius 2 is 2.04 bits per heavy atom. The van der Waals surface area contributed by atoms with Gasteiger partial charge in [0.2, 0.25) is 0 Å². The van der Waals surface area contributed by atoms with Crippen molar-refractivity contribution in [2.75, 3.05) is 20.2 Å². The van der Waals surface area contributed by atoms with Gasteiger partial charge in [0.15, 0.2) is 0 Å². The van der Waals surface area contributed by atoms with E-state index in [1.807, 2.05) is 0 Å². The molecule has 1 heterocycles. The number of carbonyl (C=O) groups is 1. The number of nitrogens with one attached hydrogen (secondary N) is 2. The highest BCUT2D eigenvalue weighted by molar-refractivity contribution is 6.67. The first-order valence-electron chi connectivity index (χ1n) is 8.50. The predicted octanol–water partition coefficient (Wildman–Crippen LogP) is 1.78. The SMILES string of the molecule is COc1ccc([Si](=O)[C@]2(C(=O)NO)CCC3(CCNCC3)C2)cc1Cl. The number of amides is 1. The van der Waals surface area contributed by atoms with Gasteiger partial charge < -0.3 is 14.5 Å². The molecular formula is C17H23ClN2O4Si. The fourth-order valence-electron chi connectivity index (χ4n) is 4.36. The van der Waals surface area contributed by atoms with Crippen LogP contribution in [0.4, 0.5) is 0 Å². The smallest absolute Gasteiger partial charge is 0.327 e. The van der Waals surface area contributed by atoms with Crippen molar-refractivity contribution in [3.63, 3.8) is 0 Å². The van der Waals surface area contributed by atoms with Crippen LogP contribution in [0.15, 0.2) is 18.2 Å². The molecule has 1 spiro atoms. The van der Waals surface area contributed by atoms with Crippen molar-refractivity contribution < 1.29 is 19.2 Å². The van der Waals surface area contributed by atoms with Gasteiger partial charge in [0.1, 0.15) is 5.75 Å². The van der Waals surface area contributed by atoms with Crippen molar-refractivity contribution >= 4 is 31.4 Å². The van der Waals surface area contributed by atoms with Crippen LogP contribution in [0.2, 0.25) is 10.1 Å². The molecule has 0 aromatic heterocycles. The van der Waals surface area contributed by atoms with Gasteiger partial charge in [0.25, 0.3) is 5.91 Å². The standard InChI is InChI=1S/C17H23ClN2O4Si/c1-24-14-3-2-12(10-13(14)18)25(23)17(15(21)20-22)5-4-16(11-17)6-8-19-9-7-16/h2-3,10,19,22H,4-9,11H2,1H3,(H,20,21)/t17-/m1/s1. The molecule has 3 rings (SSSR count). The minimum absolute atomic E-state index is 0.0222. The molecule has 3 N–H and O–H groups in total. The predicted molar refractivity (Wildman–Crippen MR) is 95.1 cm³/mol. The first-order chi connectivity index (χ1) is 12.0. The van der Waals surface area contributed by atoms with Crippen molar-refractivity contribution in [1.29, 1.82) is 0 Å². The molecule has 2 aliphatic rings. The molecule has 0 unspecified atom stereocenters.